The zero-order valence-electron chi connectivity index (χ0n) is 18.4. The van der Waals surface area contributed by atoms with Crippen LogP contribution in [0, 0.1) is 6.92 Å². The Balaban J connectivity index is 1.42. The van der Waals surface area contributed by atoms with Crippen LogP contribution in [0.4, 0.5) is 5.69 Å². The van der Waals surface area contributed by atoms with E-state index >= 15 is 0 Å². The van der Waals surface area contributed by atoms with Gasteiger partial charge in [-0.15, -0.1) is 0 Å². The molecule has 5 aromatic rings. The van der Waals surface area contributed by atoms with Gasteiger partial charge in [0.05, 0.1) is 22.6 Å². The van der Waals surface area contributed by atoms with Crippen molar-refractivity contribution in [1.29, 1.82) is 0 Å². The fraction of sp³-hybridized carbons (Fsp3) is 0.143. The number of carbonyl (C=O) groups excluding carboxylic acids is 1. The number of halogens is 1. The minimum absolute atomic E-state index is 0.0169. The van der Waals surface area contributed by atoms with Crippen molar-refractivity contribution in [3.05, 3.63) is 94.5 Å². The number of rotatable bonds is 6. The number of nitrogens with one attached hydrogen (secondary N) is 2. The Hall–Kier alpha value is -3.44. The van der Waals surface area contributed by atoms with Gasteiger partial charge in [0.25, 0.3) is 0 Å². The number of aryl methyl sites for hydroxylation is 2. The van der Waals surface area contributed by atoms with Crippen molar-refractivity contribution in [3.8, 4) is 11.4 Å². The highest BCUT2D eigenvalue weighted by Gasteiger charge is 2.16. The summed E-state index contributed by atoms with van der Waals surface area (Å²) in [5.74, 6) is 0.0169. The number of amides is 1. The molecule has 0 bridgehead atoms. The Morgan fingerprint density at radius 2 is 1.82 bits per heavy atom. The third-order valence-electron chi connectivity index (χ3n) is 5.89. The molecule has 0 spiro atoms. The van der Waals surface area contributed by atoms with Gasteiger partial charge in [-0.2, -0.15) is 0 Å². The second kappa shape index (κ2) is 9.20. The molecule has 3 aromatic carbocycles. The van der Waals surface area contributed by atoms with Crippen molar-refractivity contribution in [2.75, 3.05) is 5.32 Å². The van der Waals surface area contributed by atoms with Gasteiger partial charge in [0.1, 0.15) is 0 Å². The molecule has 1 amide bonds. The lowest BCUT2D eigenvalue weighted by Crippen LogP contribution is -2.11. The van der Waals surface area contributed by atoms with Crippen LogP contribution in [-0.4, -0.2) is 15.9 Å². The fourth-order valence-corrected chi connectivity index (χ4v) is 4.63. The van der Waals surface area contributed by atoms with Crippen molar-refractivity contribution in [1.82, 2.24) is 9.97 Å². The van der Waals surface area contributed by atoms with Crippen LogP contribution in [0.2, 0.25) is 0 Å². The summed E-state index contributed by atoms with van der Waals surface area (Å²) in [4.78, 5) is 21.1. The number of hydrogen-bond donors (Lipinski definition) is 2. The summed E-state index contributed by atoms with van der Waals surface area (Å²) in [6.07, 6.45) is 1.98. The molecule has 2 aromatic heterocycles. The molecule has 5 rings (SSSR count). The third-order valence-corrected chi connectivity index (χ3v) is 6.59. The lowest BCUT2D eigenvalue weighted by atomic mass is 10.0. The van der Waals surface area contributed by atoms with Gasteiger partial charge in [-0.05, 0) is 77.7 Å². The van der Waals surface area contributed by atoms with Gasteiger partial charge in [0.2, 0.25) is 5.91 Å². The predicted molar refractivity (Wildman–Crippen MR) is 139 cm³/mol. The molecule has 2 heterocycles. The normalized spacial score (nSPS) is 11.2. The Morgan fingerprint density at radius 3 is 2.70 bits per heavy atom. The molecular formula is C28H24BrN3O. The van der Waals surface area contributed by atoms with Crippen molar-refractivity contribution in [2.24, 2.45) is 0 Å². The first-order valence-corrected chi connectivity index (χ1v) is 11.9. The van der Waals surface area contributed by atoms with Gasteiger partial charge in [-0.25, -0.2) is 4.98 Å². The Labute approximate surface area is 201 Å². The van der Waals surface area contributed by atoms with Gasteiger partial charge in [-0.1, -0.05) is 48.0 Å². The highest BCUT2D eigenvalue weighted by Crippen LogP contribution is 2.32. The molecule has 0 saturated carbocycles. The minimum Gasteiger partial charge on any atom is -0.353 e. The van der Waals surface area contributed by atoms with E-state index in [9.17, 15) is 4.79 Å². The molecule has 0 saturated heterocycles. The molecule has 0 radical (unpaired) electrons. The number of benzene rings is 3. The van der Waals surface area contributed by atoms with Crippen LogP contribution >= 0.6 is 15.9 Å². The van der Waals surface area contributed by atoms with Crippen LogP contribution in [0.25, 0.3) is 33.2 Å². The van der Waals surface area contributed by atoms with Gasteiger partial charge in [0.15, 0.2) is 0 Å². The topological polar surface area (TPSA) is 57.8 Å². The first kappa shape index (κ1) is 21.4. The molecule has 0 aliphatic rings. The summed E-state index contributed by atoms with van der Waals surface area (Å²) in [5.41, 5.74) is 7.26. The van der Waals surface area contributed by atoms with Gasteiger partial charge >= 0.3 is 0 Å². The molecule has 4 nitrogen and oxygen atoms in total. The van der Waals surface area contributed by atoms with E-state index in [1.807, 2.05) is 42.5 Å². The third kappa shape index (κ3) is 4.55. The number of H-pyrrole nitrogens is 1. The summed E-state index contributed by atoms with van der Waals surface area (Å²) in [5, 5.41) is 5.32. The Kier molecular flexibility index (Phi) is 5.97. The number of nitrogens with zero attached hydrogens (tertiary/aromatic N) is 1. The van der Waals surface area contributed by atoms with E-state index in [0.717, 1.165) is 50.8 Å². The zero-order valence-corrected chi connectivity index (χ0v) is 19.9. The van der Waals surface area contributed by atoms with E-state index in [1.54, 1.807) is 0 Å². The van der Waals surface area contributed by atoms with Gasteiger partial charge in [0, 0.05) is 27.2 Å². The lowest BCUT2D eigenvalue weighted by Gasteiger charge is -2.08. The fourth-order valence-electron chi connectivity index (χ4n) is 4.25. The molecule has 164 valence electrons. The Bertz CT molecular complexity index is 1470. The average molecular weight is 498 g/mol. The van der Waals surface area contributed by atoms with E-state index < -0.39 is 0 Å². The summed E-state index contributed by atoms with van der Waals surface area (Å²) in [7, 11) is 0. The van der Waals surface area contributed by atoms with E-state index in [2.05, 4.69) is 69.6 Å². The molecular weight excluding hydrogens is 474 g/mol. The first-order valence-electron chi connectivity index (χ1n) is 11.1. The monoisotopic (exact) mass is 497 g/mol. The number of carbonyl (C=O) groups is 1. The van der Waals surface area contributed by atoms with Crippen LogP contribution in [0.5, 0.6) is 0 Å². The largest absolute Gasteiger partial charge is 0.353 e. The zero-order chi connectivity index (χ0) is 22.8. The van der Waals surface area contributed by atoms with Crippen LogP contribution < -0.4 is 5.32 Å². The van der Waals surface area contributed by atoms with E-state index in [0.29, 0.717) is 6.42 Å². The highest BCUT2D eigenvalue weighted by molar-refractivity contribution is 9.10. The van der Waals surface area contributed by atoms with Crippen molar-refractivity contribution in [2.45, 2.75) is 26.2 Å². The van der Waals surface area contributed by atoms with Crippen molar-refractivity contribution < 1.29 is 4.79 Å². The second-order valence-corrected chi connectivity index (χ2v) is 9.15. The summed E-state index contributed by atoms with van der Waals surface area (Å²) < 4.78 is 0.884. The Morgan fingerprint density at radius 1 is 1.00 bits per heavy atom. The van der Waals surface area contributed by atoms with Crippen LogP contribution in [0.1, 0.15) is 24.0 Å². The number of anilines is 1. The van der Waals surface area contributed by atoms with E-state index in [4.69, 9.17) is 4.98 Å². The number of hydrogen-bond acceptors (Lipinski definition) is 2. The number of pyridine rings is 1. The second-order valence-electron chi connectivity index (χ2n) is 8.30. The van der Waals surface area contributed by atoms with Gasteiger partial charge in [-0.3, -0.25) is 4.79 Å². The summed E-state index contributed by atoms with van der Waals surface area (Å²) in [6.45, 7) is 2.11. The van der Waals surface area contributed by atoms with E-state index in [1.165, 1.54) is 16.5 Å². The van der Waals surface area contributed by atoms with Crippen molar-refractivity contribution in [3.63, 3.8) is 0 Å². The van der Waals surface area contributed by atoms with Gasteiger partial charge < -0.3 is 10.3 Å². The maximum absolute atomic E-state index is 12.6. The molecule has 2 N–H and O–H groups in total. The molecule has 0 aliphatic heterocycles. The molecule has 33 heavy (non-hydrogen) atoms. The predicted octanol–water partition coefficient (Wildman–Crippen LogP) is 7.42. The molecule has 0 fully saturated rings. The number of fused-ring (bicyclic) bond motifs is 2. The number of aromatic nitrogens is 2. The first-order chi connectivity index (χ1) is 16.1. The minimum atomic E-state index is 0.0169. The quantitative estimate of drug-likeness (QED) is 0.256. The van der Waals surface area contributed by atoms with E-state index in [-0.39, 0.29) is 5.91 Å². The maximum Gasteiger partial charge on any atom is 0.224 e. The highest BCUT2D eigenvalue weighted by atomic mass is 79.9. The lowest BCUT2D eigenvalue weighted by molar-refractivity contribution is -0.116. The molecule has 0 atom stereocenters. The summed E-state index contributed by atoms with van der Waals surface area (Å²) in [6, 6.07) is 26.5. The molecule has 5 heteroatoms. The maximum atomic E-state index is 12.6. The SMILES string of the molecule is Cc1ccc2[nH]c(-c3ccc4ccccc4n3)c(CCCC(=O)Nc3ccccc3Br)c2c1. The average Bonchev–Trinajstić information content (AvgIpc) is 3.18. The number of aromatic amines is 1. The molecule has 0 unspecified atom stereocenters. The number of para-hydroxylation sites is 2. The standard InChI is InChI=1S/C28H24BrN3O/c1-18-13-15-24-21(17-18)20(8-6-12-27(33)31-25-11-5-3-9-22(25)29)28(32-24)26-16-14-19-7-2-4-10-23(19)30-26/h2-5,7,9-11,13-17,32H,6,8,12H2,1H3,(H,31,33). The smallest absolute Gasteiger partial charge is 0.224 e. The molecule has 0 aliphatic carbocycles. The summed E-state index contributed by atoms with van der Waals surface area (Å²) >= 11 is 3.49. The van der Waals surface area contributed by atoms with Crippen LogP contribution in [0.15, 0.2) is 83.3 Å². The van der Waals surface area contributed by atoms with Crippen LogP contribution in [-0.2, 0) is 11.2 Å². The van der Waals surface area contributed by atoms with Crippen LogP contribution in [0.3, 0.4) is 0 Å². The van der Waals surface area contributed by atoms with Crippen molar-refractivity contribution >= 4 is 49.3 Å².